The first-order valence-electron chi connectivity index (χ1n) is 10.1. The van der Waals surface area contributed by atoms with Gasteiger partial charge in [0.2, 0.25) is 0 Å². The Morgan fingerprint density at radius 3 is 2.64 bits per heavy atom. The van der Waals surface area contributed by atoms with Crippen molar-refractivity contribution in [3.63, 3.8) is 0 Å². The summed E-state index contributed by atoms with van der Waals surface area (Å²) in [5.41, 5.74) is 4.75. The molecule has 166 valence electrons. The third kappa shape index (κ3) is 5.35. The number of hydrazone groups is 1. The van der Waals surface area contributed by atoms with E-state index in [4.69, 9.17) is 21.1 Å². The fourth-order valence-corrected chi connectivity index (χ4v) is 4.13. The summed E-state index contributed by atoms with van der Waals surface area (Å²) in [6.45, 7) is 0.295. The highest BCUT2D eigenvalue weighted by atomic mass is 79.9. The average Bonchev–Trinajstić information content (AvgIpc) is 2.83. The maximum Gasteiger partial charge on any atom is 0.271 e. The number of hydrogen-bond donors (Lipinski definition) is 1. The zero-order valence-corrected chi connectivity index (χ0v) is 20.1. The number of rotatable bonds is 7. The Bertz CT molecular complexity index is 1340. The number of carbonyl (C=O) groups excluding carboxylic acids is 1. The molecule has 0 aliphatic rings. The Balaban J connectivity index is 1.48. The summed E-state index contributed by atoms with van der Waals surface area (Å²) in [5.74, 6) is 0.793. The van der Waals surface area contributed by atoms with E-state index in [0.717, 1.165) is 21.9 Å². The molecule has 1 amide bonds. The van der Waals surface area contributed by atoms with Gasteiger partial charge in [0.05, 0.1) is 17.8 Å². The van der Waals surface area contributed by atoms with Crippen LogP contribution >= 0.6 is 27.5 Å². The van der Waals surface area contributed by atoms with Gasteiger partial charge in [-0.2, -0.15) is 5.10 Å². The van der Waals surface area contributed by atoms with E-state index in [0.29, 0.717) is 33.2 Å². The summed E-state index contributed by atoms with van der Waals surface area (Å²) in [4.78, 5) is 12.7. The molecule has 4 aromatic rings. The molecule has 0 aliphatic heterocycles. The number of nitrogens with one attached hydrogen (secondary N) is 1. The van der Waals surface area contributed by atoms with Crippen LogP contribution < -0.4 is 14.9 Å². The minimum absolute atomic E-state index is 0.284. The van der Waals surface area contributed by atoms with Gasteiger partial charge in [0.15, 0.2) is 11.5 Å². The molecule has 0 aliphatic carbocycles. The molecule has 0 aromatic heterocycles. The molecule has 0 saturated carbocycles. The highest BCUT2D eigenvalue weighted by Gasteiger charge is 2.13. The summed E-state index contributed by atoms with van der Waals surface area (Å²) in [6, 6.07) is 24.4. The van der Waals surface area contributed by atoms with Crippen molar-refractivity contribution in [3.05, 3.63) is 105 Å². The highest BCUT2D eigenvalue weighted by molar-refractivity contribution is 9.10. The van der Waals surface area contributed by atoms with Crippen molar-refractivity contribution in [2.75, 3.05) is 7.11 Å². The van der Waals surface area contributed by atoms with Crippen LogP contribution in [-0.4, -0.2) is 19.2 Å². The van der Waals surface area contributed by atoms with E-state index in [2.05, 4.69) is 26.5 Å². The van der Waals surface area contributed by atoms with E-state index in [-0.39, 0.29) is 5.91 Å². The maximum atomic E-state index is 12.7. The second-order valence-corrected chi connectivity index (χ2v) is 8.40. The van der Waals surface area contributed by atoms with Crippen LogP contribution in [0.2, 0.25) is 5.02 Å². The Kier molecular flexibility index (Phi) is 7.27. The Labute approximate surface area is 205 Å². The topological polar surface area (TPSA) is 59.9 Å². The monoisotopic (exact) mass is 522 g/mol. The Morgan fingerprint density at radius 1 is 1.06 bits per heavy atom. The number of nitrogens with zero attached hydrogens (tertiary/aromatic N) is 1. The van der Waals surface area contributed by atoms with Gasteiger partial charge >= 0.3 is 0 Å². The number of halogens is 2. The van der Waals surface area contributed by atoms with Gasteiger partial charge in [-0.25, -0.2) is 5.43 Å². The summed E-state index contributed by atoms with van der Waals surface area (Å²) in [7, 11) is 1.56. The first kappa shape index (κ1) is 22.8. The van der Waals surface area contributed by atoms with E-state index >= 15 is 0 Å². The first-order valence-corrected chi connectivity index (χ1v) is 11.3. The summed E-state index contributed by atoms with van der Waals surface area (Å²) in [5, 5.41) is 6.62. The molecule has 0 radical (unpaired) electrons. The predicted octanol–water partition coefficient (Wildman–Crippen LogP) is 6.61. The molecule has 7 heteroatoms. The summed E-state index contributed by atoms with van der Waals surface area (Å²) >= 11 is 9.74. The minimum Gasteiger partial charge on any atom is -0.493 e. The van der Waals surface area contributed by atoms with Crippen molar-refractivity contribution in [2.45, 2.75) is 6.61 Å². The van der Waals surface area contributed by atoms with Crippen molar-refractivity contribution >= 4 is 50.4 Å². The third-order valence-electron chi connectivity index (χ3n) is 5.00. The van der Waals surface area contributed by atoms with Crippen LogP contribution in [-0.2, 0) is 6.61 Å². The zero-order valence-electron chi connectivity index (χ0n) is 17.7. The Hall–Kier alpha value is -3.35. The zero-order chi connectivity index (χ0) is 23.2. The molecular formula is C26H20BrClN2O3. The molecule has 5 nitrogen and oxygen atoms in total. The molecule has 4 rings (SSSR count). The molecule has 0 unspecified atom stereocenters. The fraction of sp³-hybridized carbons (Fsp3) is 0.0769. The average molecular weight is 524 g/mol. The number of hydrogen-bond acceptors (Lipinski definition) is 4. The summed E-state index contributed by atoms with van der Waals surface area (Å²) in [6.07, 6.45) is 1.55. The van der Waals surface area contributed by atoms with Gasteiger partial charge in [-0.3, -0.25) is 4.79 Å². The van der Waals surface area contributed by atoms with Crippen LogP contribution in [0.25, 0.3) is 10.8 Å². The lowest BCUT2D eigenvalue weighted by atomic mass is 10.0. The minimum atomic E-state index is -0.284. The number of fused-ring (bicyclic) bond motifs is 1. The quantitative estimate of drug-likeness (QED) is 0.219. The lowest BCUT2D eigenvalue weighted by molar-refractivity contribution is 0.0957. The molecule has 0 saturated heterocycles. The third-order valence-corrected chi connectivity index (χ3v) is 5.95. The van der Waals surface area contributed by atoms with Gasteiger partial charge in [-0.15, -0.1) is 0 Å². The van der Waals surface area contributed by atoms with Crippen LogP contribution in [0.1, 0.15) is 21.5 Å². The predicted molar refractivity (Wildman–Crippen MR) is 135 cm³/mol. The van der Waals surface area contributed by atoms with Gasteiger partial charge in [0, 0.05) is 16.1 Å². The number of ether oxygens (including phenoxy) is 2. The molecular weight excluding hydrogens is 504 g/mol. The van der Waals surface area contributed by atoms with E-state index < -0.39 is 0 Å². The molecule has 4 aromatic carbocycles. The maximum absolute atomic E-state index is 12.7. The van der Waals surface area contributed by atoms with Crippen LogP contribution in [0.5, 0.6) is 11.5 Å². The molecule has 0 atom stereocenters. The highest BCUT2D eigenvalue weighted by Crippen LogP contribution is 2.37. The second-order valence-electron chi connectivity index (χ2n) is 7.14. The normalized spacial score (nSPS) is 11.0. The largest absolute Gasteiger partial charge is 0.493 e. The van der Waals surface area contributed by atoms with E-state index in [1.807, 2.05) is 66.7 Å². The molecule has 33 heavy (non-hydrogen) atoms. The number of benzene rings is 4. The van der Waals surface area contributed by atoms with E-state index in [1.54, 1.807) is 25.5 Å². The first-order chi connectivity index (χ1) is 16.1. The molecule has 0 heterocycles. The smallest absolute Gasteiger partial charge is 0.271 e. The van der Waals surface area contributed by atoms with Crippen molar-refractivity contribution in [3.8, 4) is 11.5 Å². The van der Waals surface area contributed by atoms with Gasteiger partial charge < -0.3 is 9.47 Å². The van der Waals surface area contributed by atoms with Crippen LogP contribution in [0.4, 0.5) is 0 Å². The molecule has 0 bridgehead atoms. The van der Waals surface area contributed by atoms with Crippen molar-refractivity contribution in [2.24, 2.45) is 5.10 Å². The van der Waals surface area contributed by atoms with E-state index in [9.17, 15) is 4.79 Å². The number of methoxy groups -OCH3 is 1. The lowest BCUT2D eigenvalue weighted by Crippen LogP contribution is -2.17. The molecule has 1 N–H and O–H groups in total. The van der Waals surface area contributed by atoms with Gasteiger partial charge in [-0.1, -0.05) is 66.2 Å². The number of carbonyl (C=O) groups is 1. The van der Waals surface area contributed by atoms with Crippen molar-refractivity contribution in [1.29, 1.82) is 0 Å². The standard InChI is InChI=1S/C26H20BrClN2O3/c1-32-24-14-17(13-22(27)25(24)33-16-19-8-3-5-12-23(19)28)15-29-30-26(31)21-11-6-9-18-7-2-4-10-20(18)21/h2-15H,16H2,1H3,(H,30,31)/b29-15-. The lowest BCUT2D eigenvalue weighted by Gasteiger charge is -2.14. The van der Waals surface area contributed by atoms with Gasteiger partial charge in [0.25, 0.3) is 5.91 Å². The fourth-order valence-electron chi connectivity index (χ4n) is 3.37. The van der Waals surface area contributed by atoms with Crippen molar-refractivity contribution in [1.82, 2.24) is 5.43 Å². The van der Waals surface area contributed by atoms with Crippen LogP contribution in [0, 0.1) is 0 Å². The van der Waals surface area contributed by atoms with Gasteiger partial charge in [0.1, 0.15) is 6.61 Å². The molecule has 0 fully saturated rings. The Morgan fingerprint density at radius 2 is 1.82 bits per heavy atom. The SMILES string of the molecule is COc1cc(/C=N\NC(=O)c2cccc3ccccc23)cc(Br)c1OCc1ccccc1Cl. The van der Waals surface area contributed by atoms with Crippen LogP contribution in [0.3, 0.4) is 0 Å². The van der Waals surface area contributed by atoms with Crippen LogP contribution in [0.15, 0.2) is 88.4 Å². The number of amides is 1. The second kappa shape index (κ2) is 10.5. The van der Waals surface area contributed by atoms with Gasteiger partial charge in [-0.05, 0) is 56.5 Å². The molecule has 0 spiro atoms. The van der Waals surface area contributed by atoms with E-state index in [1.165, 1.54) is 0 Å². The summed E-state index contributed by atoms with van der Waals surface area (Å²) < 4.78 is 12.1. The van der Waals surface area contributed by atoms with Crippen molar-refractivity contribution < 1.29 is 14.3 Å².